The van der Waals surface area contributed by atoms with Crippen LogP contribution < -0.4 is 0 Å². The molecule has 0 radical (unpaired) electrons. The number of hydrogen-bond donors (Lipinski definition) is 1. The molecule has 0 aliphatic carbocycles. The molecule has 1 N–H and O–H groups in total. The second-order valence-corrected chi connectivity index (χ2v) is 7.36. The lowest BCUT2D eigenvalue weighted by atomic mass is 10.0. The van der Waals surface area contributed by atoms with E-state index in [-0.39, 0.29) is 0 Å². The van der Waals surface area contributed by atoms with Gasteiger partial charge < -0.3 is 0 Å². The third kappa shape index (κ3) is 3.22. The first-order valence-corrected chi connectivity index (χ1v) is 9.78. The zero-order valence-electron chi connectivity index (χ0n) is 17.0. The van der Waals surface area contributed by atoms with Crippen LogP contribution in [0.25, 0.3) is 44.8 Å². The molecule has 0 aromatic carbocycles. The van der Waals surface area contributed by atoms with Gasteiger partial charge in [0.2, 0.25) is 0 Å². The lowest BCUT2D eigenvalue weighted by Crippen LogP contribution is -1.93. The van der Waals surface area contributed by atoms with Gasteiger partial charge in [0, 0.05) is 46.2 Å². The highest BCUT2D eigenvalue weighted by molar-refractivity contribution is 5.85. The van der Waals surface area contributed by atoms with Crippen LogP contribution in [0.1, 0.15) is 17.1 Å². The fraction of sp³-hybridized carbons (Fsp3) is 0.125. The van der Waals surface area contributed by atoms with Gasteiger partial charge >= 0.3 is 0 Å². The second-order valence-electron chi connectivity index (χ2n) is 7.36. The lowest BCUT2D eigenvalue weighted by Gasteiger charge is -2.08. The monoisotopic (exact) mass is 392 g/mol. The van der Waals surface area contributed by atoms with Crippen LogP contribution in [0, 0.1) is 20.8 Å². The molecule has 0 unspecified atom stereocenters. The van der Waals surface area contributed by atoms with E-state index in [0.717, 1.165) is 61.9 Å². The molecule has 5 heterocycles. The van der Waals surface area contributed by atoms with E-state index in [9.17, 15) is 0 Å². The van der Waals surface area contributed by atoms with Crippen molar-refractivity contribution in [1.82, 2.24) is 30.1 Å². The molecule has 0 saturated heterocycles. The Hall–Kier alpha value is -3.93. The number of fused-ring (bicyclic) bond motifs is 1. The van der Waals surface area contributed by atoms with E-state index >= 15 is 0 Å². The van der Waals surface area contributed by atoms with E-state index in [4.69, 9.17) is 4.98 Å². The Morgan fingerprint density at radius 1 is 0.733 bits per heavy atom. The highest BCUT2D eigenvalue weighted by atomic mass is 15.1. The Morgan fingerprint density at radius 3 is 2.43 bits per heavy atom. The van der Waals surface area contributed by atoms with Crippen molar-refractivity contribution < 1.29 is 0 Å². The zero-order valence-corrected chi connectivity index (χ0v) is 17.0. The maximum Gasteiger partial charge on any atom is 0.120 e. The van der Waals surface area contributed by atoms with E-state index in [1.54, 1.807) is 0 Å². The molecule has 146 valence electrons. The molecule has 0 spiro atoms. The van der Waals surface area contributed by atoms with Crippen molar-refractivity contribution in [3.8, 4) is 33.8 Å². The molecule has 0 saturated carbocycles. The second kappa shape index (κ2) is 7.15. The standard InChI is InChI=1S/C24H20N6/c1-14-5-4-6-22(28-14)24-19(13-26-30-24)20-9-10-21-23(29-20)11-17(12-25-21)18-8-7-15(2)27-16(18)3/h4-13H,1-3H3,(H,26,30). The Balaban J connectivity index is 1.61. The summed E-state index contributed by atoms with van der Waals surface area (Å²) in [5.74, 6) is 0. The number of nitrogens with one attached hydrogen (secondary N) is 1. The normalized spacial score (nSPS) is 11.2. The fourth-order valence-corrected chi connectivity index (χ4v) is 3.65. The molecule has 0 atom stereocenters. The van der Waals surface area contributed by atoms with Crippen LogP contribution in [0.5, 0.6) is 0 Å². The maximum atomic E-state index is 4.89. The summed E-state index contributed by atoms with van der Waals surface area (Å²) in [6, 6.07) is 16.0. The number of nitrogens with zero attached hydrogens (tertiary/aromatic N) is 5. The van der Waals surface area contributed by atoms with Crippen LogP contribution in [0.2, 0.25) is 0 Å². The Morgan fingerprint density at radius 2 is 1.60 bits per heavy atom. The predicted octanol–water partition coefficient (Wildman–Crippen LogP) is 5.07. The summed E-state index contributed by atoms with van der Waals surface area (Å²) >= 11 is 0. The van der Waals surface area contributed by atoms with E-state index in [0.29, 0.717) is 0 Å². The number of aromatic amines is 1. The number of H-pyrrole nitrogens is 1. The smallest absolute Gasteiger partial charge is 0.120 e. The Kier molecular flexibility index (Phi) is 4.32. The SMILES string of the molecule is Cc1cccc(-c2n[nH]cc2-c2ccc3ncc(-c4ccc(C)nc4C)cc3n2)n1. The van der Waals surface area contributed by atoms with Gasteiger partial charge in [0.25, 0.3) is 0 Å². The van der Waals surface area contributed by atoms with Crippen LogP contribution in [0.3, 0.4) is 0 Å². The van der Waals surface area contributed by atoms with Crippen molar-refractivity contribution in [3.05, 3.63) is 78.0 Å². The first-order chi connectivity index (χ1) is 14.6. The van der Waals surface area contributed by atoms with Crippen LogP contribution in [-0.4, -0.2) is 30.1 Å². The molecule has 5 aromatic rings. The summed E-state index contributed by atoms with van der Waals surface area (Å²) in [6.45, 7) is 5.98. The van der Waals surface area contributed by atoms with Gasteiger partial charge in [-0.3, -0.25) is 20.1 Å². The molecule has 0 aliphatic rings. The average molecular weight is 392 g/mol. The lowest BCUT2D eigenvalue weighted by molar-refractivity contribution is 1.08. The third-order valence-corrected chi connectivity index (χ3v) is 5.12. The van der Waals surface area contributed by atoms with Gasteiger partial charge in [-0.05, 0) is 57.2 Å². The van der Waals surface area contributed by atoms with Crippen LogP contribution >= 0.6 is 0 Å². The molecular weight excluding hydrogens is 372 g/mol. The third-order valence-electron chi connectivity index (χ3n) is 5.12. The summed E-state index contributed by atoms with van der Waals surface area (Å²) < 4.78 is 0. The minimum absolute atomic E-state index is 0.785. The first-order valence-electron chi connectivity index (χ1n) is 9.78. The van der Waals surface area contributed by atoms with E-state index in [1.807, 2.05) is 69.6 Å². The maximum absolute atomic E-state index is 4.89. The van der Waals surface area contributed by atoms with Crippen LogP contribution in [-0.2, 0) is 0 Å². The van der Waals surface area contributed by atoms with Crippen molar-refractivity contribution in [2.45, 2.75) is 20.8 Å². The molecule has 5 rings (SSSR count). The van der Waals surface area contributed by atoms with Crippen molar-refractivity contribution in [2.75, 3.05) is 0 Å². The number of rotatable bonds is 3. The van der Waals surface area contributed by atoms with Crippen molar-refractivity contribution in [1.29, 1.82) is 0 Å². The van der Waals surface area contributed by atoms with Crippen molar-refractivity contribution >= 4 is 11.0 Å². The fourth-order valence-electron chi connectivity index (χ4n) is 3.65. The van der Waals surface area contributed by atoms with Gasteiger partial charge in [0.1, 0.15) is 5.69 Å². The largest absolute Gasteiger partial charge is 0.284 e. The van der Waals surface area contributed by atoms with E-state index in [1.165, 1.54) is 0 Å². The summed E-state index contributed by atoms with van der Waals surface area (Å²) in [4.78, 5) is 18.7. The van der Waals surface area contributed by atoms with Gasteiger partial charge in [-0.15, -0.1) is 0 Å². The first kappa shape index (κ1) is 18.1. The molecule has 0 aliphatic heterocycles. The number of aryl methyl sites for hydroxylation is 3. The molecule has 6 nitrogen and oxygen atoms in total. The number of pyridine rings is 4. The van der Waals surface area contributed by atoms with Crippen molar-refractivity contribution in [3.63, 3.8) is 0 Å². The Labute approximate surface area is 174 Å². The van der Waals surface area contributed by atoms with E-state index < -0.39 is 0 Å². The van der Waals surface area contributed by atoms with Crippen LogP contribution in [0.4, 0.5) is 0 Å². The molecule has 6 heteroatoms. The number of aromatic nitrogens is 6. The average Bonchev–Trinajstić information content (AvgIpc) is 3.23. The van der Waals surface area contributed by atoms with Gasteiger partial charge in [0.15, 0.2) is 0 Å². The minimum Gasteiger partial charge on any atom is -0.284 e. The predicted molar refractivity (Wildman–Crippen MR) is 118 cm³/mol. The summed E-state index contributed by atoms with van der Waals surface area (Å²) in [5, 5.41) is 7.38. The molecule has 0 amide bonds. The summed E-state index contributed by atoms with van der Waals surface area (Å²) in [5.41, 5.74) is 10.0. The molecule has 30 heavy (non-hydrogen) atoms. The van der Waals surface area contributed by atoms with Gasteiger partial charge in [0.05, 0.1) is 22.4 Å². The van der Waals surface area contributed by atoms with Gasteiger partial charge in [-0.25, -0.2) is 4.98 Å². The van der Waals surface area contributed by atoms with Crippen molar-refractivity contribution in [2.24, 2.45) is 0 Å². The zero-order chi connectivity index (χ0) is 20.7. The minimum atomic E-state index is 0.785. The molecule has 0 fully saturated rings. The molecule has 0 bridgehead atoms. The Bertz CT molecular complexity index is 1390. The van der Waals surface area contributed by atoms with Gasteiger partial charge in [-0.2, -0.15) is 5.10 Å². The number of hydrogen-bond acceptors (Lipinski definition) is 5. The highest BCUT2D eigenvalue weighted by Gasteiger charge is 2.14. The molecule has 5 aromatic heterocycles. The van der Waals surface area contributed by atoms with Gasteiger partial charge in [-0.1, -0.05) is 12.1 Å². The highest BCUT2D eigenvalue weighted by Crippen LogP contribution is 2.30. The summed E-state index contributed by atoms with van der Waals surface area (Å²) in [7, 11) is 0. The van der Waals surface area contributed by atoms with Crippen LogP contribution in [0.15, 0.2) is 60.9 Å². The quantitative estimate of drug-likeness (QED) is 0.464. The van der Waals surface area contributed by atoms with E-state index in [2.05, 4.69) is 37.3 Å². The topological polar surface area (TPSA) is 80.2 Å². The summed E-state index contributed by atoms with van der Waals surface area (Å²) in [6.07, 6.45) is 3.74. The molecular formula is C24H20N6.